The van der Waals surface area contributed by atoms with E-state index in [1.165, 1.54) is 4.88 Å². The Kier molecular flexibility index (Phi) is 5.94. The first kappa shape index (κ1) is 15.4. The number of carbonyl (C=O) groups excluding carboxylic acids is 1. The fraction of sp³-hybridized carbons (Fsp3) is 0.714. The third-order valence-corrected chi connectivity index (χ3v) is 4.52. The molecule has 6 heteroatoms. The van der Waals surface area contributed by atoms with Gasteiger partial charge in [-0.2, -0.15) is 0 Å². The van der Waals surface area contributed by atoms with E-state index in [4.69, 9.17) is 4.74 Å². The predicted octanol–water partition coefficient (Wildman–Crippen LogP) is 1.22. The van der Waals surface area contributed by atoms with E-state index in [1.807, 2.05) is 24.4 Å². The molecule has 20 heavy (non-hydrogen) atoms. The van der Waals surface area contributed by atoms with Crippen LogP contribution in [0.5, 0.6) is 0 Å². The van der Waals surface area contributed by atoms with Gasteiger partial charge in [-0.15, -0.1) is 11.3 Å². The van der Waals surface area contributed by atoms with Gasteiger partial charge in [0.25, 0.3) is 0 Å². The van der Waals surface area contributed by atoms with Gasteiger partial charge in [-0.1, -0.05) is 0 Å². The zero-order chi connectivity index (χ0) is 14.4. The monoisotopic (exact) mass is 297 g/mol. The van der Waals surface area contributed by atoms with Crippen LogP contribution in [0.25, 0.3) is 0 Å². The number of aromatic nitrogens is 1. The number of likely N-dealkylation sites (N-methyl/N-ethyl adjacent to an activating group) is 1. The standard InChI is InChI=1S/C14H23N3O2S/c1-11-13(20-10-16-11)5-6-17(2)9-14(18)15-8-12-4-3-7-19-12/h10,12H,3-9H2,1-2H3,(H,15,18). The van der Waals surface area contributed by atoms with Crippen LogP contribution in [-0.4, -0.2) is 55.2 Å². The summed E-state index contributed by atoms with van der Waals surface area (Å²) in [6.07, 6.45) is 3.32. The van der Waals surface area contributed by atoms with Crippen molar-refractivity contribution in [3.63, 3.8) is 0 Å². The molecule has 1 aromatic rings. The summed E-state index contributed by atoms with van der Waals surface area (Å²) in [6, 6.07) is 0. The van der Waals surface area contributed by atoms with E-state index in [9.17, 15) is 4.79 Å². The van der Waals surface area contributed by atoms with E-state index < -0.39 is 0 Å². The van der Waals surface area contributed by atoms with Crippen molar-refractivity contribution in [2.75, 3.05) is 33.3 Å². The van der Waals surface area contributed by atoms with Gasteiger partial charge in [-0.25, -0.2) is 4.98 Å². The van der Waals surface area contributed by atoms with Gasteiger partial charge in [-0.3, -0.25) is 9.69 Å². The maximum atomic E-state index is 11.8. The summed E-state index contributed by atoms with van der Waals surface area (Å²) in [4.78, 5) is 19.4. The molecule has 0 bridgehead atoms. The third-order valence-electron chi connectivity index (χ3n) is 3.53. The molecular formula is C14H23N3O2S. The second-order valence-electron chi connectivity index (χ2n) is 5.29. The predicted molar refractivity (Wildman–Crippen MR) is 80.0 cm³/mol. The second kappa shape index (κ2) is 7.71. The van der Waals surface area contributed by atoms with Crippen molar-refractivity contribution < 1.29 is 9.53 Å². The molecule has 1 aromatic heterocycles. The number of carbonyl (C=O) groups is 1. The third kappa shape index (κ3) is 4.85. The van der Waals surface area contributed by atoms with E-state index in [0.717, 1.165) is 38.1 Å². The number of amides is 1. The number of nitrogens with one attached hydrogen (secondary N) is 1. The van der Waals surface area contributed by atoms with Crippen molar-refractivity contribution in [2.45, 2.75) is 32.3 Å². The smallest absolute Gasteiger partial charge is 0.234 e. The molecule has 112 valence electrons. The van der Waals surface area contributed by atoms with Crippen molar-refractivity contribution in [3.05, 3.63) is 16.1 Å². The van der Waals surface area contributed by atoms with Crippen LogP contribution in [0.3, 0.4) is 0 Å². The molecule has 0 radical (unpaired) electrons. The lowest BCUT2D eigenvalue weighted by molar-refractivity contribution is -0.122. The Morgan fingerprint density at radius 1 is 1.65 bits per heavy atom. The van der Waals surface area contributed by atoms with Crippen molar-refractivity contribution >= 4 is 17.2 Å². The molecule has 1 unspecified atom stereocenters. The van der Waals surface area contributed by atoms with Gasteiger partial charge in [0.1, 0.15) is 0 Å². The van der Waals surface area contributed by atoms with E-state index in [-0.39, 0.29) is 12.0 Å². The quantitative estimate of drug-likeness (QED) is 0.822. The van der Waals surface area contributed by atoms with Crippen LogP contribution in [0.4, 0.5) is 0 Å². The minimum atomic E-state index is 0.0732. The molecule has 2 heterocycles. The molecule has 1 N–H and O–H groups in total. The Hall–Kier alpha value is -0.980. The maximum absolute atomic E-state index is 11.8. The Morgan fingerprint density at radius 3 is 3.15 bits per heavy atom. The minimum Gasteiger partial charge on any atom is -0.376 e. The number of ether oxygens (including phenoxy) is 1. The highest BCUT2D eigenvalue weighted by Crippen LogP contribution is 2.13. The van der Waals surface area contributed by atoms with Crippen LogP contribution in [0, 0.1) is 6.92 Å². The lowest BCUT2D eigenvalue weighted by atomic mass is 10.2. The van der Waals surface area contributed by atoms with Crippen molar-refractivity contribution in [1.29, 1.82) is 0 Å². The Bertz CT molecular complexity index is 430. The average Bonchev–Trinajstić information content (AvgIpc) is 3.05. The van der Waals surface area contributed by atoms with Gasteiger partial charge in [0, 0.05) is 24.6 Å². The lowest BCUT2D eigenvalue weighted by Crippen LogP contribution is -2.39. The molecule has 0 aliphatic carbocycles. The van der Waals surface area contributed by atoms with Crippen LogP contribution in [0.15, 0.2) is 5.51 Å². The van der Waals surface area contributed by atoms with Gasteiger partial charge in [0.15, 0.2) is 0 Å². The number of rotatable bonds is 7. The summed E-state index contributed by atoms with van der Waals surface area (Å²) < 4.78 is 5.48. The minimum absolute atomic E-state index is 0.0732. The van der Waals surface area contributed by atoms with Crippen molar-refractivity contribution in [1.82, 2.24) is 15.2 Å². The average molecular weight is 297 g/mol. The number of nitrogens with zero attached hydrogens (tertiary/aromatic N) is 2. The number of thiazole rings is 1. The fourth-order valence-corrected chi connectivity index (χ4v) is 3.04. The summed E-state index contributed by atoms with van der Waals surface area (Å²) in [5.41, 5.74) is 2.98. The molecule has 5 nitrogen and oxygen atoms in total. The van der Waals surface area contributed by atoms with Crippen LogP contribution < -0.4 is 5.32 Å². The van der Waals surface area contributed by atoms with Crippen LogP contribution in [-0.2, 0) is 16.0 Å². The molecule has 1 aliphatic heterocycles. The molecule has 2 rings (SSSR count). The molecule has 0 aromatic carbocycles. The number of hydrogen-bond acceptors (Lipinski definition) is 5. The van der Waals surface area contributed by atoms with Gasteiger partial charge < -0.3 is 10.1 Å². The molecular weight excluding hydrogens is 274 g/mol. The first-order valence-electron chi connectivity index (χ1n) is 7.11. The summed E-state index contributed by atoms with van der Waals surface area (Å²) >= 11 is 1.68. The second-order valence-corrected chi connectivity index (χ2v) is 6.23. The van der Waals surface area contributed by atoms with Gasteiger partial charge in [-0.05, 0) is 33.2 Å². The van der Waals surface area contributed by atoms with Crippen LogP contribution >= 0.6 is 11.3 Å². The summed E-state index contributed by atoms with van der Waals surface area (Å²) in [5, 5.41) is 2.94. The van der Waals surface area contributed by atoms with E-state index in [2.05, 4.69) is 10.3 Å². The topological polar surface area (TPSA) is 54.5 Å². The summed E-state index contributed by atoms with van der Waals surface area (Å²) in [5.74, 6) is 0.0732. The lowest BCUT2D eigenvalue weighted by Gasteiger charge is -2.17. The Morgan fingerprint density at radius 2 is 2.50 bits per heavy atom. The van der Waals surface area contributed by atoms with E-state index in [1.54, 1.807) is 11.3 Å². The summed E-state index contributed by atoms with van der Waals surface area (Å²) in [7, 11) is 1.97. The van der Waals surface area contributed by atoms with Crippen molar-refractivity contribution in [3.8, 4) is 0 Å². The molecule has 1 amide bonds. The maximum Gasteiger partial charge on any atom is 0.234 e. The first-order chi connectivity index (χ1) is 9.65. The highest BCUT2D eigenvalue weighted by atomic mass is 32.1. The largest absolute Gasteiger partial charge is 0.376 e. The van der Waals surface area contributed by atoms with E-state index in [0.29, 0.717) is 13.1 Å². The Balaban J connectivity index is 1.62. The SMILES string of the molecule is Cc1ncsc1CCN(C)CC(=O)NCC1CCCO1. The van der Waals surface area contributed by atoms with Gasteiger partial charge in [0.2, 0.25) is 5.91 Å². The van der Waals surface area contributed by atoms with Crippen LogP contribution in [0.2, 0.25) is 0 Å². The van der Waals surface area contributed by atoms with E-state index >= 15 is 0 Å². The molecule has 1 saturated heterocycles. The fourth-order valence-electron chi connectivity index (χ4n) is 2.27. The molecule has 0 saturated carbocycles. The normalized spacial score (nSPS) is 18.6. The first-order valence-corrected chi connectivity index (χ1v) is 7.99. The van der Waals surface area contributed by atoms with Crippen LogP contribution in [0.1, 0.15) is 23.4 Å². The molecule has 0 spiro atoms. The molecule has 1 atom stereocenters. The molecule has 1 aliphatic rings. The zero-order valence-corrected chi connectivity index (χ0v) is 13.0. The number of aryl methyl sites for hydroxylation is 1. The van der Waals surface area contributed by atoms with Crippen molar-refractivity contribution in [2.24, 2.45) is 0 Å². The Labute approximate surface area is 124 Å². The summed E-state index contributed by atoms with van der Waals surface area (Å²) in [6.45, 7) is 4.80. The highest BCUT2D eigenvalue weighted by Gasteiger charge is 2.16. The van der Waals surface area contributed by atoms with Gasteiger partial charge in [0.05, 0.1) is 23.9 Å². The number of hydrogen-bond donors (Lipinski definition) is 1. The highest BCUT2D eigenvalue weighted by molar-refractivity contribution is 7.09. The van der Waals surface area contributed by atoms with Gasteiger partial charge >= 0.3 is 0 Å². The molecule has 1 fully saturated rings. The zero-order valence-electron chi connectivity index (χ0n) is 12.2.